The van der Waals surface area contributed by atoms with Crippen LogP contribution in [0.15, 0.2) is 65.6 Å². The van der Waals surface area contributed by atoms with E-state index in [4.69, 9.17) is 4.74 Å². The molecular weight excluding hydrogens is 304 g/mol. The first-order chi connectivity index (χ1) is 11.6. The Bertz CT molecular complexity index is 932. The number of nitrogens with zero attached hydrogens (tertiary/aromatic N) is 2. The molecule has 0 radical (unpaired) electrons. The predicted molar refractivity (Wildman–Crippen MR) is 94.1 cm³/mol. The van der Waals surface area contributed by atoms with Crippen LogP contribution >= 0.6 is 0 Å². The lowest BCUT2D eigenvalue weighted by molar-refractivity contribution is 0.0524. The number of fused-ring (bicyclic) bond motifs is 1. The molecule has 24 heavy (non-hydrogen) atoms. The van der Waals surface area contributed by atoms with Gasteiger partial charge in [-0.15, -0.1) is 0 Å². The number of carbonyl (C=O) groups excluding carboxylic acids is 1. The van der Waals surface area contributed by atoms with Gasteiger partial charge in [0.25, 0.3) is 5.56 Å². The molecule has 0 amide bonds. The smallest absolute Gasteiger partial charge is 0.343 e. The third kappa shape index (κ3) is 2.76. The van der Waals surface area contributed by atoms with Crippen LogP contribution < -0.4 is 10.5 Å². The van der Waals surface area contributed by atoms with Crippen LogP contribution in [0.2, 0.25) is 0 Å². The van der Waals surface area contributed by atoms with Crippen LogP contribution in [0.1, 0.15) is 17.3 Å². The summed E-state index contributed by atoms with van der Waals surface area (Å²) in [7, 11) is 1.90. The van der Waals surface area contributed by atoms with E-state index < -0.39 is 5.97 Å². The first kappa shape index (κ1) is 15.8. The van der Waals surface area contributed by atoms with Gasteiger partial charge < -0.3 is 9.64 Å². The maximum Gasteiger partial charge on any atom is 0.343 e. The molecule has 2 heterocycles. The van der Waals surface area contributed by atoms with Crippen LogP contribution in [0.4, 0.5) is 11.4 Å². The molecule has 2 aromatic heterocycles. The SMILES string of the molecule is CCOC(=O)c1cc(N(C)c2ccccc2)c2ccccn2c1=O. The summed E-state index contributed by atoms with van der Waals surface area (Å²) < 4.78 is 6.50. The van der Waals surface area contributed by atoms with Crippen molar-refractivity contribution in [2.24, 2.45) is 0 Å². The molecule has 0 fully saturated rings. The van der Waals surface area contributed by atoms with E-state index in [1.165, 1.54) is 4.40 Å². The van der Waals surface area contributed by atoms with Gasteiger partial charge in [0.15, 0.2) is 0 Å². The average Bonchev–Trinajstić information content (AvgIpc) is 2.62. The molecule has 0 unspecified atom stereocenters. The molecular formula is C19H18N2O3. The number of carbonyl (C=O) groups is 1. The Kier molecular flexibility index (Phi) is 4.33. The maximum atomic E-state index is 12.6. The van der Waals surface area contributed by atoms with Crippen molar-refractivity contribution in [2.45, 2.75) is 6.92 Å². The molecule has 0 atom stereocenters. The number of aromatic nitrogens is 1. The molecule has 5 heteroatoms. The highest BCUT2D eigenvalue weighted by atomic mass is 16.5. The van der Waals surface area contributed by atoms with Crippen molar-refractivity contribution in [1.29, 1.82) is 0 Å². The van der Waals surface area contributed by atoms with Crippen molar-refractivity contribution >= 4 is 22.9 Å². The van der Waals surface area contributed by atoms with Gasteiger partial charge in [0, 0.05) is 18.9 Å². The van der Waals surface area contributed by atoms with Gasteiger partial charge in [0.2, 0.25) is 0 Å². The molecule has 5 nitrogen and oxygen atoms in total. The third-order valence-electron chi connectivity index (χ3n) is 3.85. The first-order valence-electron chi connectivity index (χ1n) is 7.73. The van der Waals surface area contributed by atoms with E-state index in [0.29, 0.717) is 0 Å². The summed E-state index contributed by atoms with van der Waals surface area (Å²) in [5.41, 5.74) is 2.08. The largest absolute Gasteiger partial charge is 0.462 e. The van der Waals surface area contributed by atoms with Gasteiger partial charge >= 0.3 is 5.97 Å². The monoisotopic (exact) mass is 322 g/mol. The van der Waals surface area contributed by atoms with Crippen LogP contribution in [-0.4, -0.2) is 24.0 Å². The molecule has 3 aromatic rings. The van der Waals surface area contributed by atoms with E-state index >= 15 is 0 Å². The highest BCUT2D eigenvalue weighted by molar-refractivity contribution is 5.93. The van der Waals surface area contributed by atoms with Gasteiger partial charge in [-0.25, -0.2) is 4.79 Å². The quantitative estimate of drug-likeness (QED) is 0.692. The Morgan fingerprint density at radius 1 is 1.12 bits per heavy atom. The van der Waals surface area contributed by atoms with Crippen molar-refractivity contribution in [2.75, 3.05) is 18.6 Å². The van der Waals surface area contributed by atoms with Crippen molar-refractivity contribution in [3.05, 3.63) is 76.7 Å². The number of benzene rings is 1. The maximum absolute atomic E-state index is 12.6. The lowest BCUT2D eigenvalue weighted by atomic mass is 10.1. The Morgan fingerprint density at radius 3 is 2.54 bits per heavy atom. The lowest BCUT2D eigenvalue weighted by Gasteiger charge is -2.22. The van der Waals surface area contributed by atoms with Gasteiger partial charge in [0.05, 0.1) is 17.8 Å². The Morgan fingerprint density at radius 2 is 1.83 bits per heavy atom. The molecule has 3 rings (SSSR count). The van der Waals surface area contributed by atoms with Crippen molar-refractivity contribution < 1.29 is 9.53 Å². The Balaban J connectivity index is 2.25. The minimum atomic E-state index is -0.608. The fourth-order valence-corrected chi connectivity index (χ4v) is 2.65. The average molecular weight is 322 g/mol. The van der Waals surface area contributed by atoms with E-state index in [1.54, 1.807) is 25.3 Å². The van der Waals surface area contributed by atoms with Crippen LogP contribution in [0.25, 0.3) is 5.52 Å². The summed E-state index contributed by atoms with van der Waals surface area (Å²) in [6.45, 7) is 1.94. The zero-order valence-corrected chi connectivity index (χ0v) is 13.6. The molecule has 0 saturated carbocycles. The second-order valence-electron chi connectivity index (χ2n) is 5.32. The van der Waals surface area contributed by atoms with Gasteiger partial charge in [-0.2, -0.15) is 0 Å². The molecule has 0 spiro atoms. The summed E-state index contributed by atoms with van der Waals surface area (Å²) in [6, 6.07) is 16.8. The van der Waals surface area contributed by atoms with Crippen LogP contribution in [0, 0.1) is 0 Å². The van der Waals surface area contributed by atoms with Gasteiger partial charge in [-0.05, 0) is 37.3 Å². The second-order valence-corrected chi connectivity index (χ2v) is 5.32. The minimum absolute atomic E-state index is 0.0262. The summed E-state index contributed by atoms with van der Waals surface area (Å²) in [5, 5.41) is 0. The van der Waals surface area contributed by atoms with E-state index in [9.17, 15) is 9.59 Å². The fourth-order valence-electron chi connectivity index (χ4n) is 2.65. The molecule has 0 N–H and O–H groups in total. The predicted octanol–water partition coefficient (Wildman–Crippen LogP) is 3.24. The topological polar surface area (TPSA) is 51.0 Å². The van der Waals surface area contributed by atoms with Gasteiger partial charge in [0.1, 0.15) is 5.56 Å². The molecule has 0 aliphatic carbocycles. The van der Waals surface area contributed by atoms with Crippen molar-refractivity contribution in [3.63, 3.8) is 0 Å². The van der Waals surface area contributed by atoms with Gasteiger partial charge in [-0.3, -0.25) is 9.20 Å². The van der Waals surface area contributed by atoms with E-state index in [1.807, 2.05) is 54.4 Å². The molecule has 1 aromatic carbocycles. The lowest BCUT2D eigenvalue weighted by Crippen LogP contribution is -2.25. The number of hydrogen-bond acceptors (Lipinski definition) is 4. The van der Waals surface area contributed by atoms with E-state index in [0.717, 1.165) is 16.9 Å². The number of anilines is 2. The number of pyridine rings is 2. The zero-order valence-electron chi connectivity index (χ0n) is 13.6. The zero-order chi connectivity index (χ0) is 17.1. The summed E-state index contributed by atoms with van der Waals surface area (Å²) in [6.07, 6.45) is 1.66. The Hall–Kier alpha value is -3.08. The van der Waals surface area contributed by atoms with E-state index in [-0.39, 0.29) is 17.7 Å². The van der Waals surface area contributed by atoms with Gasteiger partial charge in [-0.1, -0.05) is 24.3 Å². The first-order valence-corrected chi connectivity index (χ1v) is 7.73. The number of rotatable bonds is 4. The summed E-state index contributed by atoms with van der Waals surface area (Å²) >= 11 is 0. The van der Waals surface area contributed by atoms with Crippen LogP contribution in [0.3, 0.4) is 0 Å². The number of hydrogen-bond donors (Lipinski definition) is 0. The number of esters is 1. The second kappa shape index (κ2) is 6.58. The normalized spacial score (nSPS) is 10.6. The fraction of sp³-hybridized carbons (Fsp3) is 0.158. The highest BCUT2D eigenvalue weighted by Gasteiger charge is 2.18. The number of ether oxygens (including phenoxy) is 1. The third-order valence-corrected chi connectivity index (χ3v) is 3.85. The summed E-state index contributed by atoms with van der Waals surface area (Å²) in [4.78, 5) is 26.7. The molecule has 0 bridgehead atoms. The van der Waals surface area contributed by atoms with Crippen LogP contribution in [-0.2, 0) is 4.74 Å². The number of para-hydroxylation sites is 1. The Labute approximate surface area is 139 Å². The standard InChI is InChI=1S/C19H18N2O3/c1-3-24-19(23)15-13-17(20(2)14-9-5-4-6-10-14)16-11-7-8-12-21(16)18(15)22/h4-13H,3H2,1-2H3. The molecule has 0 aliphatic rings. The van der Waals surface area contributed by atoms with Crippen molar-refractivity contribution in [1.82, 2.24) is 4.40 Å². The van der Waals surface area contributed by atoms with Crippen LogP contribution in [0.5, 0.6) is 0 Å². The van der Waals surface area contributed by atoms with E-state index in [2.05, 4.69) is 0 Å². The summed E-state index contributed by atoms with van der Waals surface area (Å²) in [5.74, 6) is -0.608. The van der Waals surface area contributed by atoms with Crippen molar-refractivity contribution in [3.8, 4) is 0 Å². The molecule has 0 aliphatic heterocycles. The highest BCUT2D eigenvalue weighted by Crippen LogP contribution is 2.27. The molecule has 122 valence electrons. The molecule has 0 saturated heterocycles. The minimum Gasteiger partial charge on any atom is -0.462 e.